The summed E-state index contributed by atoms with van der Waals surface area (Å²) in [7, 11) is 0. The molecule has 134 valence electrons. The minimum atomic E-state index is 0.164. The number of benzene rings is 2. The van der Waals surface area contributed by atoms with Crippen molar-refractivity contribution in [3.63, 3.8) is 0 Å². The maximum atomic E-state index is 5.86. The van der Waals surface area contributed by atoms with Crippen LogP contribution in [-0.2, 0) is 12.0 Å². The van der Waals surface area contributed by atoms with Crippen LogP contribution in [0.4, 0.5) is 0 Å². The molecule has 0 aliphatic carbocycles. The first-order valence-corrected chi connectivity index (χ1v) is 8.81. The Morgan fingerprint density at radius 2 is 1.81 bits per heavy atom. The highest BCUT2D eigenvalue weighted by molar-refractivity contribution is 7.71. The lowest BCUT2D eigenvalue weighted by molar-refractivity contribution is 0.306. The van der Waals surface area contributed by atoms with Gasteiger partial charge in [-0.05, 0) is 58.6 Å². The van der Waals surface area contributed by atoms with Crippen molar-refractivity contribution in [1.29, 1.82) is 0 Å². The Kier molecular flexibility index (Phi) is 5.32. The zero-order chi connectivity index (χ0) is 18.6. The third-order valence-corrected chi connectivity index (χ3v) is 4.25. The van der Waals surface area contributed by atoms with Gasteiger partial charge in [0.25, 0.3) is 0 Å². The Labute approximate surface area is 158 Å². The lowest BCUT2D eigenvalue weighted by atomic mass is 9.87. The number of aromatic nitrogens is 3. The normalized spacial score (nSPS) is 11.8. The number of nitrogens with one attached hydrogen (secondary N) is 1. The molecule has 0 aliphatic rings. The van der Waals surface area contributed by atoms with Crippen LogP contribution in [0.15, 0.2) is 60.0 Å². The molecule has 5 nitrogen and oxygen atoms in total. The molecule has 0 fully saturated rings. The first kappa shape index (κ1) is 18.1. The third-order valence-electron chi connectivity index (χ3n) is 3.97. The highest BCUT2D eigenvalue weighted by atomic mass is 32.1. The van der Waals surface area contributed by atoms with Crippen LogP contribution in [0.3, 0.4) is 0 Å². The first-order valence-electron chi connectivity index (χ1n) is 8.40. The van der Waals surface area contributed by atoms with Gasteiger partial charge in [-0.1, -0.05) is 45.0 Å². The second kappa shape index (κ2) is 7.66. The van der Waals surface area contributed by atoms with Gasteiger partial charge in [0.1, 0.15) is 18.7 Å². The lowest BCUT2D eigenvalue weighted by Crippen LogP contribution is -2.10. The topological polar surface area (TPSA) is 55.2 Å². The number of hydrogen-bond donors (Lipinski definition) is 1. The van der Waals surface area contributed by atoms with Crippen LogP contribution in [0, 0.1) is 4.77 Å². The summed E-state index contributed by atoms with van der Waals surface area (Å²) in [5.41, 5.74) is 3.59. The molecule has 0 amide bonds. The molecule has 6 heteroatoms. The van der Waals surface area contributed by atoms with Gasteiger partial charge < -0.3 is 4.74 Å². The smallest absolute Gasteiger partial charge is 0.216 e. The maximum absolute atomic E-state index is 5.86. The van der Waals surface area contributed by atoms with Crippen LogP contribution in [0.2, 0.25) is 0 Å². The summed E-state index contributed by atoms with van der Waals surface area (Å²) in [5.74, 6) is 0.821. The second-order valence-corrected chi connectivity index (χ2v) is 7.44. The van der Waals surface area contributed by atoms with Gasteiger partial charge in [-0.15, -0.1) is 0 Å². The molecule has 2 aromatic carbocycles. The Morgan fingerprint density at radius 1 is 1.12 bits per heavy atom. The minimum absolute atomic E-state index is 0.164. The van der Waals surface area contributed by atoms with Crippen molar-refractivity contribution in [1.82, 2.24) is 14.9 Å². The summed E-state index contributed by atoms with van der Waals surface area (Å²) in [6.07, 6.45) is 3.25. The van der Waals surface area contributed by atoms with Crippen LogP contribution in [0.25, 0.3) is 0 Å². The SMILES string of the molecule is CC(C)(C)c1ccc(COc2ccc(/C=N/n3cn[nH]c3=S)cc2)cc1. The van der Waals surface area contributed by atoms with Gasteiger partial charge >= 0.3 is 0 Å². The lowest BCUT2D eigenvalue weighted by Gasteiger charge is -2.19. The fourth-order valence-electron chi connectivity index (χ4n) is 2.37. The van der Waals surface area contributed by atoms with Gasteiger partial charge in [-0.2, -0.15) is 14.9 Å². The number of hydrogen-bond acceptors (Lipinski definition) is 4. The molecule has 1 aromatic heterocycles. The monoisotopic (exact) mass is 366 g/mol. The number of nitrogens with zero attached hydrogens (tertiary/aromatic N) is 3. The quantitative estimate of drug-likeness (QED) is 0.526. The van der Waals surface area contributed by atoms with Crippen molar-refractivity contribution in [3.05, 3.63) is 76.3 Å². The highest BCUT2D eigenvalue weighted by Gasteiger charge is 2.12. The van der Waals surface area contributed by atoms with E-state index < -0.39 is 0 Å². The second-order valence-electron chi connectivity index (χ2n) is 7.06. The van der Waals surface area contributed by atoms with Gasteiger partial charge in [0, 0.05) is 0 Å². The molecule has 1 N–H and O–H groups in total. The van der Waals surface area contributed by atoms with Gasteiger partial charge in [-0.25, -0.2) is 0 Å². The molecule has 0 bridgehead atoms. The van der Waals surface area contributed by atoms with E-state index in [2.05, 4.69) is 60.3 Å². The molecule has 0 atom stereocenters. The van der Waals surface area contributed by atoms with Gasteiger partial charge in [-0.3, -0.25) is 5.10 Å². The maximum Gasteiger partial charge on any atom is 0.216 e. The van der Waals surface area contributed by atoms with Crippen molar-refractivity contribution in [2.45, 2.75) is 32.8 Å². The molecule has 3 aromatic rings. The molecular formula is C20H22N4OS. The molecular weight excluding hydrogens is 344 g/mol. The summed E-state index contributed by atoms with van der Waals surface area (Å²) < 4.78 is 7.82. The van der Waals surface area contributed by atoms with Crippen molar-refractivity contribution >= 4 is 18.4 Å². The molecule has 0 aliphatic heterocycles. The van der Waals surface area contributed by atoms with E-state index in [1.807, 2.05) is 24.3 Å². The molecule has 0 unspecified atom stereocenters. The average molecular weight is 366 g/mol. The first-order chi connectivity index (χ1) is 12.4. The number of rotatable bonds is 5. The number of H-pyrrole nitrogens is 1. The average Bonchev–Trinajstić information content (AvgIpc) is 3.04. The van der Waals surface area contributed by atoms with Gasteiger partial charge in [0.05, 0.1) is 6.21 Å². The number of ether oxygens (including phenoxy) is 1. The Bertz CT molecular complexity index is 931. The molecule has 3 rings (SSSR count). The predicted molar refractivity (Wildman–Crippen MR) is 106 cm³/mol. The van der Waals surface area contributed by atoms with E-state index in [1.54, 1.807) is 6.21 Å². The van der Waals surface area contributed by atoms with Gasteiger partial charge in [0.2, 0.25) is 4.77 Å². The third kappa shape index (κ3) is 4.67. The predicted octanol–water partition coefficient (Wildman–Crippen LogP) is 4.70. The molecule has 0 radical (unpaired) electrons. The Morgan fingerprint density at radius 3 is 2.38 bits per heavy atom. The van der Waals surface area contributed by atoms with E-state index in [0.717, 1.165) is 16.9 Å². The van der Waals surface area contributed by atoms with Crippen LogP contribution >= 0.6 is 12.2 Å². The Hall–Kier alpha value is -2.73. The molecule has 1 heterocycles. The summed E-state index contributed by atoms with van der Waals surface area (Å²) >= 11 is 5.04. The summed E-state index contributed by atoms with van der Waals surface area (Å²) in [5, 5.41) is 10.7. The molecule has 0 saturated heterocycles. The van der Waals surface area contributed by atoms with Crippen LogP contribution in [0.1, 0.15) is 37.5 Å². The summed E-state index contributed by atoms with van der Waals surface area (Å²) in [6.45, 7) is 7.18. The zero-order valence-electron chi connectivity index (χ0n) is 15.1. The van der Waals surface area contributed by atoms with E-state index in [-0.39, 0.29) is 5.41 Å². The van der Waals surface area contributed by atoms with E-state index in [0.29, 0.717) is 11.4 Å². The highest BCUT2D eigenvalue weighted by Crippen LogP contribution is 2.22. The van der Waals surface area contributed by atoms with Crippen molar-refractivity contribution in [2.24, 2.45) is 5.10 Å². The van der Waals surface area contributed by atoms with E-state index in [1.165, 1.54) is 16.6 Å². The van der Waals surface area contributed by atoms with Crippen molar-refractivity contribution < 1.29 is 4.74 Å². The molecule has 0 spiro atoms. The fourth-order valence-corrected chi connectivity index (χ4v) is 2.52. The summed E-state index contributed by atoms with van der Waals surface area (Å²) in [6, 6.07) is 16.3. The Balaban J connectivity index is 1.58. The molecule has 26 heavy (non-hydrogen) atoms. The largest absolute Gasteiger partial charge is 0.489 e. The van der Waals surface area contributed by atoms with E-state index in [9.17, 15) is 0 Å². The van der Waals surface area contributed by atoms with Crippen molar-refractivity contribution in [2.75, 3.05) is 0 Å². The summed E-state index contributed by atoms with van der Waals surface area (Å²) in [4.78, 5) is 0. The zero-order valence-corrected chi connectivity index (χ0v) is 16.0. The van der Waals surface area contributed by atoms with E-state index in [4.69, 9.17) is 17.0 Å². The van der Waals surface area contributed by atoms with Gasteiger partial charge in [0.15, 0.2) is 0 Å². The van der Waals surface area contributed by atoms with Crippen LogP contribution in [-0.4, -0.2) is 21.1 Å². The van der Waals surface area contributed by atoms with Crippen LogP contribution < -0.4 is 4.74 Å². The molecule has 0 saturated carbocycles. The van der Waals surface area contributed by atoms with E-state index >= 15 is 0 Å². The fraction of sp³-hybridized carbons (Fsp3) is 0.250. The standard InChI is InChI=1S/C20H22N4OS/c1-20(2,3)17-8-4-16(5-9-17)13-25-18-10-6-15(7-11-18)12-22-24-14-21-23-19(24)26/h4-12,14H,13H2,1-3H3,(H,23,26)/b22-12+. The van der Waals surface area contributed by atoms with Crippen LogP contribution in [0.5, 0.6) is 5.75 Å². The van der Waals surface area contributed by atoms with Crippen molar-refractivity contribution in [3.8, 4) is 5.75 Å². The number of aromatic amines is 1. The minimum Gasteiger partial charge on any atom is -0.489 e.